The van der Waals surface area contributed by atoms with Crippen LogP contribution in [0, 0.1) is 5.92 Å². The molecule has 0 aromatic carbocycles. The van der Waals surface area contributed by atoms with Gasteiger partial charge in [-0.1, -0.05) is 45.4 Å². The molecule has 0 amide bonds. The summed E-state index contributed by atoms with van der Waals surface area (Å²) in [5.41, 5.74) is 0.933. The third-order valence-corrected chi connectivity index (χ3v) is 3.71. The van der Waals surface area contributed by atoms with Crippen LogP contribution in [0.4, 0.5) is 0 Å². The number of carbonyl (C=O) groups is 1. The van der Waals surface area contributed by atoms with Gasteiger partial charge in [0, 0.05) is 12.6 Å². The van der Waals surface area contributed by atoms with Gasteiger partial charge in [0.25, 0.3) is 0 Å². The smallest absolute Gasteiger partial charge is 0.155 e. The van der Waals surface area contributed by atoms with Gasteiger partial charge in [-0.25, -0.2) is 0 Å². The summed E-state index contributed by atoms with van der Waals surface area (Å²) >= 11 is 0. The molecular formula is C17H31NO. The zero-order valence-corrected chi connectivity index (χ0v) is 13.6. The lowest BCUT2D eigenvalue weighted by atomic mass is 10.1. The highest BCUT2D eigenvalue weighted by atomic mass is 16.1. The zero-order valence-electron chi connectivity index (χ0n) is 13.6. The number of hydrogen-bond donors (Lipinski definition) is 0. The fraction of sp³-hybridized carbons (Fsp3) is 0.706. The van der Waals surface area contributed by atoms with E-state index in [1.54, 1.807) is 6.92 Å². The minimum absolute atomic E-state index is 0.192. The molecule has 0 rings (SSSR count). The summed E-state index contributed by atoms with van der Waals surface area (Å²) in [6, 6.07) is 0.608. The molecule has 2 heteroatoms. The van der Waals surface area contributed by atoms with E-state index in [1.807, 2.05) is 12.2 Å². The van der Waals surface area contributed by atoms with Crippen LogP contribution in [0.15, 0.2) is 23.8 Å². The molecule has 0 aliphatic carbocycles. The van der Waals surface area contributed by atoms with E-state index >= 15 is 0 Å². The van der Waals surface area contributed by atoms with Gasteiger partial charge >= 0.3 is 0 Å². The maximum atomic E-state index is 11.4. The van der Waals surface area contributed by atoms with Gasteiger partial charge in [-0.3, -0.25) is 4.79 Å². The highest BCUT2D eigenvalue weighted by Crippen LogP contribution is 2.09. The second kappa shape index (κ2) is 9.96. The van der Waals surface area contributed by atoms with Crippen molar-refractivity contribution in [2.45, 2.75) is 59.9 Å². The quantitative estimate of drug-likeness (QED) is 0.459. The molecule has 0 N–H and O–H groups in total. The molecule has 0 spiro atoms. The summed E-state index contributed by atoms with van der Waals surface area (Å²) < 4.78 is 0. The fourth-order valence-corrected chi connectivity index (χ4v) is 1.92. The molecule has 1 atom stereocenters. The van der Waals surface area contributed by atoms with Crippen LogP contribution in [0.25, 0.3) is 0 Å². The van der Waals surface area contributed by atoms with E-state index in [4.69, 9.17) is 0 Å². The molecule has 0 saturated carbocycles. The van der Waals surface area contributed by atoms with Gasteiger partial charge < -0.3 is 4.90 Å². The fourth-order valence-electron chi connectivity index (χ4n) is 1.92. The Morgan fingerprint density at radius 3 is 2.37 bits per heavy atom. The van der Waals surface area contributed by atoms with Crippen LogP contribution >= 0.6 is 0 Å². The molecule has 1 unspecified atom stereocenters. The Morgan fingerprint density at radius 2 is 1.89 bits per heavy atom. The number of ketones is 1. The number of hydrogen-bond acceptors (Lipinski definition) is 2. The van der Waals surface area contributed by atoms with E-state index < -0.39 is 0 Å². The van der Waals surface area contributed by atoms with E-state index in [2.05, 4.69) is 45.7 Å². The van der Waals surface area contributed by atoms with Crippen molar-refractivity contribution in [3.8, 4) is 0 Å². The van der Waals surface area contributed by atoms with Gasteiger partial charge in [0.2, 0.25) is 0 Å². The van der Waals surface area contributed by atoms with Crippen molar-refractivity contribution >= 4 is 5.78 Å². The first-order valence-corrected chi connectivity index (χ1v) is 7.47. The van der Waals surface area contributed by atoms with Crippen LogP contribution in [0.1, 0.15) is 53.9 Å². The summed E-state index contributed by atoms with van der Waals surface area (Å²) in [5.74, 6) is 0.875. The largest absolute Gasteiger partial charge is 0.303 e. The molecule has 0 aromatic heterocycles. The van der Waals surface area contributed by atoms with Crippen molar-refractivity contribution in [1.29, 1.82) is 0 Å². The minimum atomic E-state index is 0.192. The maximum absolute atomic E-state index is 11.4. The molecule has 0 aliphatic rings. The van der Waals surface area contributed by atoms with Crippen LogP contribution in [-0.4, -0.2) is 30.3 Å². The Labute approximate surface area is 119 Å². The predicted molar refractivity (Wildman–Crippen MR) is 84.4 cm³/mol. The van der Waals surface area contributed by atoms with E-state index in [9.17, 15) is 4.79 Å². The van der Waals surface area contributed by atoms with Gasteiger partial charge in [-0.15, -0.1) is 0 Å². The monoisotopic (exact) mass is 265 g/mol. The molecule has 0 heterocycles. The standard InChI is InChI=1S/C17H31NO/c1-7-11-17(16(5)19)12-9-8-10-13-18(6)15(4)14(2)3/h8-9,12,14-15H,7,10-11,13H2,1-6H3/b9-8-,17-12+. The first-order valence-electron chi connectivity index (χ1n) is 7.47. The van der Waals surface area contributed by atoms with Gasteiger partial charge in [0.1, 0.15) is 0 Å². The van der Waals surface area contributed by atoms with E-state index in [1.165, 1.54) is 0 Å². The molecular weight excluding hydrogens is 234 g/mol. The SMILES string of the molecule is CCC/C(=C\C=C/CCN(C)C(C)C(C)C)C(C)=O. The minimum Gasteiger partial charge on any atom is -0.303 e. The highest BCUT2D eigenvalue weighted by molar-refractivity contribution is 5.93. The van der Waals surface area contributed by atoms with Gasteiger partial charge in [-0.05, 0) is 45.2 Å². The normalized spacial score (nSPS) is 14.6. The van der Waals surface area contributed by atoms with Crippen LogP contribution in [0.2, 0.25) is 0 Å². The lowest BCUT2D eigenvalue weighted by molar-refractivity contribution is -0.113. The Hall–Kier alpha value is -0.890. The Balaban J connectivity index is 4.15. The molecule has 19 heavy (non-hydrogen) atoms. The highest BCUT2D eigenvalue weighted by Gasteiger charge is 2.11. The predicted octanol–water partition coefficient (Wildman–Crippen LogP) is 4.22. The van der Waals surface area contributed by atoms with Crippen molar-refractivity contribution in [3.05, 3.63) is 23.8 Å². The summed E-state index contributed by atoms with van der Waals surface area (Å²) in [5, 5.41) is 0. The lowest BCUT2D eigenvalue weighted by Gasteiger charge is -2.27. The molecule has 2 nitrogen and oxygen atoms in total. The van der Waals surface area contributed by atoms with Gasteiger partial charge in [0.05, 0.1) is 0 Å². The molecule has 0 aliphatic heterocycles. The zero-order chi connectivity index (χ0) is 14.8. The maximum Gasteiger partial charge on any atom is 0.155 e. The topological polar surface area (TPSA) is 20.3 Å². The van der Waals surface area contributed by atoms with Crippen LogP contribution in [-0.2, 0) is 4.79 Å². The first-order chi connectivity index (χ1) is 8.90. The number of carbonyl (C=O) groups excluding carboxylic acids is 1. The summed E-state index contributed by atoms with van der Waals surface area (Å²) in [7, 11) is 2.17. The number of rotatable bonds is 9. The second-order valence-corrected chi connectivity index (χ2v) is 5.68. The van der Waals surface area contributed by atoms with Crippen LogP contribution in [0.3, 0.4) is 0 Å². The molecule has 110 valence electrons. The van der Waals surface area contributed by atoms with Crippen molar-refractivity contribution < 1.29 is 4.79 Å². The third kappa shape index (κ3) is 7.99. The first kappa shape index (κ1) is 18.1. The lowest BCUT2D eigenvalue weighted by Crippen LogP contribution is -2.33. The van der Waals surface area contributed by atoms with E-state index in [-0.39, 0.29) is 5.78 Å². The Morgan fingerprint density at radius 1 is 1.26 bits per heavy atom. The molecule has 0 bridgehead atoms. The van der Waals surface area contributed by atoms with Crippen molar-refractivity contribution in [1.82, 2.24) is 4.90 Å². The van der Waals surface area contributed by atoms with Crippen LogP contribution in [0.5, 0.6) is 0 Å². The van der Waals surface area contributed by atoms with Crippen molar-refractivity contribution in [2.24, 2.45) is 5.92 Å². The summed E-state index contributed by atoms with van der Waals surface area (Å²) in [6.07, 6.45) is 9.08. The summed E-state index contributed by atoms with van der Waals surface area (Å²) in [6.45, 7) is 11.6. The van der Waals surface area contributed by atoms with Gasteiger partial charge in [-0.2, -0.15) is 0 Å². The molecule has 0 saturated heterocycles. The molecule has 0 fully saturated rings. The molecule has 0 radical (unpaired) electrons. The Bertz CT molecular complexity index is 315. The van der Waals surface area contributed by atoms with Crippen molar-refractivity contribution in [2.75, 3.05) is 13.6 Å². The third-order valence-electron chi connectivity index (χ3n) is 3.71. The van der Waals surface area contributed by atoms with Gasteiger partial charge in [0.15, 0.2) is 5.78 Å². The van der Waals surface area contributed by atoms with Crippen molar-refractivity contribution in [3.63, 3.8) is 0 Å². The number of Topliss-reactive ketones (excluding diaryl/α,β-unsaturated/α-hetero) is 1. The van der Waals surface area contributed by atoms with Crippen LogP contribution < -0.4 is 0 Å². The second-order valence-electron chi connectivity index (χ2n) is 5.68. The van der Waals surface area contributed by atoms with E-state index in [0.29, 0.717) is 12.0 Å². The average molecular weight is 265 g/mol. The number of allylic oxidation sites excluding steroid dienone is 3. The Kier molecular flexibility index (Phi) is 9.50. The summed E-state index contributed by atoms with van der Waals surface area (Å²) in [4.78, 5) is 13.7. The average Bonchev–Trinajstić information content (AvgIpc) is 2.35. The number of nitrogens with zero attached hydrogens (tertiary/aromatic N) is 1. The molecule has 0 aromatic rings. The van der Waals surface area contributed by atoms with E-state index in [0.717, 1.165) is 31.4 Å².